The standard InChI is InChI=1S/C47H29N5/c1-3-7-34-23-40-25-38(11-9-36(40)21-32(34)5-1)42-27-43(39-12-10-37-22-33-6-2-4-8-35(33)24-41(37)26-39)29-44(28-42)47-51-45(30-13-17-48-18-14-30)50-46(52-47)31-15-19-49-20-16-31/h1-29H. The van der Waals surface area contributed by atoms with Crippen LogP contribution in [0, 0.1) is 0 Å². The summed E-state index contributed by atoms with van der Waals surface area (Å²) in [5, 5.41) is 9.73. The molecule has 0 aliphatic heterocycles. The fourth-order valence-corrected chi connectivity index (χ4v) is 7.09. The first-order chi connectivity index (χ1) is 25.7. The minimum Gasteiger partial charge on any atom is -0.265 e. The highest BCUT2D eigenvalue weighted by atomic mass is 15.0. The molecule has 52 heavy (non-hydrogen) atoms. The van der Waals surface area contributed by atoms with Gasteiger partial charge in [-0.15, -0.1) is 0 Å². The van der Waals surface area contributed by atoms with Crippen molar-refractivity contribution in [1.29, 1.82) is 0 Å². The second-order valence-electron chi connectivity index (χ2n) is 13.1. The first-order valence-electron chi connectivity index (χ1n) is 17.3. The molecule has 242 valence electrons. The highest BCUT2D eigenvalue weighted by Gasteiger charge is 2.16. The first kappa shape index (κ1) is 29.8. The van der Waals surface area contributed by atoms with Crippen molar-refractivity contribution in [3.8, 4) is 56.4 Å². The molecule has 5 nitrogen and oxygen atoms in total. The van der Waals surface area contributed by atoms with Crippen molar-refractivity contribution in [2.24, 2.45) is 0 Å². The van der Waals surface area contributed by atoms with Gasteiger partial charge in [-0.2, -0.15) is 0 Å². The van der Waals surface area contributed by atoms with Gasteiger partial charge in [0.1, 0.15) is 0 Å². The molecule has 0 fully saturated rings. The summed E-state index contributed by atoms with van der Waals surface area (Å²) in [6.07, 6.45) is 7.04. The fraction of sp³-hybridized carbons (Fsp3) is 0. The van der Waals surface area contributed by atoms with Crippen molar-refractivity contribution in [2.75, 3.05) is 0 Å². The quantitative estimate of drug-likeness (QED) is 0.171. The van der Waals surface area contributed by atoms with E-state index < -0.39 is 0 Å². The Morgan fingerprint density at radius 3 is 1.00 bits per heavy atom. The normalized spacial score (nSPS) is 11.5. The Kier molecular flexibility index (Phi) is 7.07. The summed E-state index contributed by atoms with van der Waals surface area (Å²) in [4.78, 5) is 23.5. The molecule has 0 atom stereocenters. The van der Waals surface area contributed by atoms with Gasteiger partial charge in [-0.25, -0.2) is 15.0 Å². The average Bonchev–Trinajstić information content (AvgIpc) is 3.22. The van der Waals surface area contributed by atoms with E-state index in [1.54, 1.807) is 24.8 Å². The summed E-state index contributed by atoms with van der Waals surface area (Å²) in [7, 11) is 0. The number of hydrogen-bond acceptors (Lipinski definition) is 5. The van der Waals surface area contributed by atoms with Gasteiger partial charge in [0.05, 0.1) is 0 Å². The molecule has 0 bridgehead atoms. The smallest absolute Gasteiger partial charge is 0.164 e. The molecule has 5 heteroatoms. The molecule has 3 aromatic heterocycles. The van der Waals surface area contributed by atoms with E-state index in [4.69, 9.17) is 15.0 Å². The van der Waals surface area contributed by atoms with E-state index in [2.05, 4.69) is 137 Å². The van der Waals surface area contributed by atoms with Crippen molar-refractivity contribution in [3.05, 3.63) is 176 Å². The molecule has 0 spiro atoms. The molecule has 0 N–H and O–H groups in total. The minimum absolute atomic E-state index is 0.585. The van der Waals surface area contributed by atoms with Gasteiger partial charge in [0.2, 0.25) is 0 Å². The number of aromatic nitrogens is 5. The van der Waals surface area contributed by atoms with Crippen LogP contribution in [0.2, 0.25) is 0 Å². The Morgan fingerprint density at radius 1 is 0.231 bits per heavy atom. The molecular weight excluding hydrogens is 635 g/mol. The number of rotatable bonds is 5. The van der Waals surface area contributed by atoms with E-state index in [9.17, 15) is 0 Å². The van der Waals surface area contributed by atoms with E-state index in [1.807, 2.05) is 24.3 Å². The molecule has 0 unspecified atom stereocenters. The van der Waals surface area contributed by atoms with Gasteiger partial charge in [0.15, 0.2) is 17.5 Å². The van der Waals surface area contributed by atoms with Crippen molar-refractivity contribution in [2.45, 2.75) is 0 Å². The van der Waals surface area contributed by atoms with Crippen LogP contribution in [-0.4, -0.2) is 24.9 Å². The van der Waals surface area contributed by atoms with Crippen LogP contribution >= 0.6 is 0 Å². The van der Waals surface area contributed by atoms with Gasteiger partial charge in [0.25, 0.3) is 0 Å². The third kappa shape index (κ3) is 5.51. The number of hydrogen-bond donors (Lipinski definition) is 0. The van der Waals surface area contributed by atoms with Crippen molar-refractivity contribution < 1.29 is 0 Å². The Hall–Kier alpha value is -7.11. The SMILES string of the molecule is c1ccc2cc3cc(-c4cc(-c5ccc6cc7ccccc7cc6c5)cc(-c5nc(-c6ccncc6)nc(-c6ccncc6)n5)c4)ccc3cc2c1. The highest BCUT2D eigenvalue weighted by molar-refractivity contribution is 6.01. The van der Waals surface area contributed by atoms with Gasteiger partial charge in [-0.1, -0.05) is 72.8 Å². The molecule has 0 amide bonds. The van der Waals surface area contributed by atoms with Crippen LogP contribution < -0.4 is 0 Å². The van der Waals surface area contributed by atoms with Gasteiger partial charge < -0.3 is 0 Å². The molecule has 0 radical (unpaired) electrons. The molecule has 3 heterocycles. The van der Waals surface area contributed by atoms with Crippen LogP contribution in [0.3, 0.4) is 0 Å². The molecule has 10 aromatic rings. The lowest BCUT2D eigenvalue weighted by atomic mass is 9.92. The second-order valence-corrected chi connectivity index (χ2v) is 13.1. The van der Waals surface area contributed by atoms with Crippen molar-refractivity contribution >= 4 is 43.1 Å². The van der Waals surface area contributed by atoms with E-state index in [1.165, 1.54) is 43.1 Å². The molecular formula is C47H29N5. The lowest BCUT2D eigenvalue weighted by Crippen LogP contribution is -2.00. The number of nitrogens with zero attached hydrogens (tertiary/aromatic N) is 5. The number of pyridine rings is 2. The number of benzene rings is 7. The predicted octanol–water partition coefficient (Wildman–Crippen LogP) is 11.6. The van der Waals surface area contributed by atoms with Gasteiger partial charge in [-0.3, -0.25) is 9.97 Å². The molecule has 10 rings (SSSR count). The molecule has 0 saturated heterocycles. The van der Waals surface area contributed by atoms with Crippen LogP contribution in [0.1, 0.15) is 0 Å². The summed E-state index contributed by atoms with van der Waals surface area (Å²) in [6.45, 7) is 0. The van der Waals surface area contributed by atoms with E-state index in [0.717, 1.165) is 38.9 Å². The van der Waals surface area contributed by atoms with Crippen LogP contribution in [-0.2, 0) is 0 Å². The second kappa shape index (κ2) is 12.3. The topological polar surface area (TPSA) is 64.5 Å². The molecule has 0 aliphatic rings. The third-order valence-corrected chi connectivity index (χ3v) is 9.78. The summed E-state index contributed by atoms with van der Waals surface area (Å²) >= 11 is 0. The summed E-state index contributed by atoms with van der Waals surface area (Å²) < 4.78 is 0. The van der Waals surface area contributed by atoms with E-state index in [0.29, 0.717) is 17.5 Å². The highest BCUT2D eigenvalue weighted by Crippen LogP contribution is 2.36. The average molecular weight is 664 g/mol. The fourth-order valence-electron chi connectivity index (χ4n) is 7.09. The summed E-state index contributed by atoms with van der Waals surface area (Å²) in [6, 6.07) is 53.9. The number of fused-ring (bicyclic) bond motifs is 4. The van der Waals surface area contributed by atoms with Crippen LogP contribution in [0.4, 0.5) is 0 Å². The van der Waals surface area contributed by atoms with Gasteiger partial charge >= 0.3 is 0 Å². The monoisotopic (exact) mass is 663 g/mol. The lowest BCUT2D eigenvalue weighted by molar-refractivity contribution is 1.07. The van der Waals surface area contributed by atoms with E-state index in [-0.39, 0.29) is 0 Å². The maximum atomic E-state index is 5.07. The van der Waals surface area contributed by atoms with Crippen molar-refractivity contribution in [3.63, 3.8) is 0 Å². The Balaban J connectivity index is 1.19. The minimum atomic E-state index is 0.585. The van der Waals surface area contributed by atoms with Crippen LogP contribution in [0.15, 0.2) is 176 Å². The van der Waals surface area contributed by atoms with E-state index >= 15 is 0 Å². The lowest BCUT2D eigenvalue weighted by Gasteiger charge is -2.13. The summed E-state index contributed by atoms with van der Waals surface area (Å²) in [5.41, 5.74) is 7.04. The maximum Gasteiger partial charge on any atom is 0.164 e. The maximum absolute atomic E-state index is 5.07. The zero-order valence-corrected chi connectivity index (χ0v) is 28.0. The summed E-state index contributed by atoms with van der Waals surface area (Å²) in [5.74, 6) is 1.76. The Labute approximate surface area is 300 Å². The predicted molar refractivity (Wildman–Crippen MR) is 213 cm³/mol. The van der Waals surface area contributed by atoms with Gasteiger partial charge in [0, 0.05) is 41.5 Å². The van der Waals surface area contributed by atoms with Gasteiger partial charge in [-0.05, 0) is 144 Å². The first-order valence-corrected chi connectivity index (χ1v) is 17.3. The molecule has 7 aromatic carbocycles. The largest absolute Gasteiger partial charge is 0.265 e. The Bertz CT molecular complexity index is 2760. The Morgan fingerprint density at radius 2 is 0.577 bits per heavy atom. The zero-order chi connectivity index (χ0) is 34.4. The zero-order valence-electron chi connectivity index (χ0n) is 28.0. The van der Waals surface area contributed by atoms with Crippen molar-refractivity contribution in [1.82, 2.24) is 24.9 Å². The third-order valence-electron chi connectivity index (χ3n) is 9.78. The molecule has 0 aliphatic carbocycles. The molecule has 0 saturated carbocycles. The van der Waals surface area contributed by atoms with Crippen LogP contribution in [0.5, 0.6) is 0 Å². The van der Waals surface area contributed by atoms with Crippen LogP contribution in [0.25, 0.3) is 99.5 Å².